The summed E-state index contributed by atoms with van der Waals surface area (Å²) >= 11 is 0. The lowest BCUT2D eigenvalue weighted by Gasteiger charge is -2.32. The van der Waals surface area contributed by atoms with Crippen LogP contribution < -0.4 is 5.32 Å². The monoisotopic (exact) mass is 330 g/mol. The SMILES string of the molecule is O=C(CCCOCc1ccccc1)N1CC[C@@]2(CCCNC2=O)C1. The summed E-state index contributed by atoms with van der Waals surface area (Å²) in [6.07, 6.45) is 3.94. The molecule has 0 bridgehead atoms. The van der Waals surface area contributed by atoms with E-state index in [0.29, 0.717) is 32.7 Å². The van der Waals surface area contributed by atoms with Crippen molar-refractivity contribution < 1.29 is 14.3 Å². The Morgan fingerprint density at radius 3 is 2.88 bits per heavy atom. The first-order valence-electron chi connectivity index (χ1n) is 8.87. The summed E-state index contributed by atoms with van der Waals surface area (Å²) in [4.78, 5) is 26.4. The van der Waals surface area contributed by atoms with Crippen LogP contribution in [0.15, 0.2) is 30.3 Å². The summed E-state index contributed by atoms with van der Waals surface area (Å²) in [5.74, 6) is 0.281. The Morgan fingerprint density at radius 1 is 1.25 bits per heavy atom. The van der Waals surface area contributed by atoms with Gasteiger partial charge >= 0.3 is 0 Å². The molecule has 1 atom stereocenters. The van der Waals surface area contributed by atoms with Gasteiger partial charge in [-0.3, -0.25) is 9.59 Å². The van der Waals surface area contributed by atoms with Gasteiger partial charge in [-0.2, -0.15) is 0 Å². The summed E-state index contributed by atoms with van der Waals surface area (Å²) in [5.41, 5.74) is 0.825. The summed E-state index contributed by atoms with van der Waals surface area (Å²) in [5, 5.41) is 2.95. The van der Waals surface area contributed by atoms with Gasteiger partial charge in [0.25, 0.3) is 0 Å². The highest BCUT2D eigenvalue weighted by Crippen LogP contribution is 2.37. The van der Waals surface area contributed by atoms with E-state index < -0.39 is 0 Å². The van der Waals surface area contributed by atoms with E-state index in [0.717, 1.165) is 37.8 Å². The Morgan fingerprint density at radius 2 is 2.08 bits per heavy atom. The van der Waals surface area contributed by atoms with Crippen molar-refractivity contribution in [1.82, 2.24) is 10.2 Å². The zero-order valence-electron chi connectivity index (χ0n) is 14.1. The molecule has 1 N–H and O–H groups in total. The second-order valence-electron chi connectivity index (χ2n) is 6.85. The van der Waals surface area contributed by atoms with Crippen LogP contribution in [0.1, 0.15) is 37.7 Å². The molecular weight excluding hydrogens is 304 g/mol. The molecule has 2 aliphatic rings. The maximum absolute atomic E-state index is 12.3. The molecule has 5 nitrogen and oxygen atoms in total. The van der Waals surface area contributed by atoms with Crippen molar-refractivity contribution in [1.29, 1.82) is 0 Å². The third-order valence-electron chi connectivity index (χ3n) is 5.10. The van der Waals surface area contributed by atoms with Gasteiger partial charge in [0.15, 0.2) is 0 Å². The van der Waals surface area contributed by atoms with Crippen LogP contribution >= 0.6 is 0 Å². The van der Waals surface area contributed by atoms with Crippen molar-refractivity contribution in [2.75, 3.05) is 26.2 Å². The van der Waals surface area contributed by atoms with E-state index in [9.17, 15) is 9.59 Å². The van der Waals surface area contributed by atoms with E-state index in [4.69, 9.17) is 4.74 Å². The molecule has 24 heavy (non-hydrogen) atoms. The molecule has 2 amide bonds. The number of nitrogens with one attached hydrogen (secondary N) is 1. The minimum Gasteiger partial charge on any atom is -0.377 e. The maximum atomic E-state index is 12.3. The molecule has 0 unspecified atom stereocenters. The summed E-state index contributed by atoms with van der Waals surface area (Å²) in [6, 6.07) is 10.0. The lowest BCUT2D eigenvalue weighted by atomic mass is 9.79. The molecule has 3 rings (SSSR count). The van der Waals surface area contributed by atoms with Crippen molar-refractivity contribution in [2.45, 2.75) is 38.7 Å². The average Bonchev–Trinajstić information content (AvgIpc) is 3.03. The predicted molar refractivity (Wildman–Crippen MR) is 91.2 cm³/mol. The molecule has 2 fully saturated rings. The lowest BCUT2D eigenvalue weighted by Crippen LogP contribution is -2.47. The van der Waals surface area contributed by atoms with Gasteiger partial charge in [-0.05, 0) is 31.2 Å². The topological polar surface area (TPSA) is 58.6 Å². The zero-order chi connectivity index (χ0) is 16.8. The van der Waals surface area contributed by atoms with Crippen molar-refractivity contribution in [2.24, 2.45) is 5.41 Å². The number of ether oxygens (including phenoxy) is 1. The molecule has 1 spiro atoms. The number of benzene rings is 1. The van der Waals surface area contributed by atoms with E-state index in [1.807, 2.05) is 35.2 Å². The summed E-state index contributed by atoms with van der Waals surface area (Å²) in [6.45, 7) is 3.23. The van der Waals surface area contributed by atoms with Gasteiger partial charge in [0.05, 0.1) is 12.0 Å². The van der Waals surface area contributed by atoms with Gasteiger partial charge in [-0.1, -0.05) is 30.3 Å². The molecule has 2 saturated heterocycles. The Balaban J connectivity index is 1.36. The standard InChI is InChI=1S/C19H26N2O3/c22-17(8-4-13-24-14-16-6-2-1-3-7-16)21-12-10-19(15-21)9-5-11-20-18(19)23/h1-3,6-7H,4-5,8-15H2,(H,20,23)/t19-/m0/s1. The van der Waals surface area contributed by atoms with Gasteiger partial charge in [-0.25, -0.2) is 0 Å². The van der Waals surface area contributed by atoms with Crippen LogP contribution in [0.4, 0.5) is 0 Å². The first kappa shape index (κ1) is 17.0. The number of nitrogens with zero attached hydrogens (tertiary/aromatic N) is 1. The Bertz CT molecular complexity index is 575. The molecule has 1 aromatic rings. The highest BCUT2D eigenvalue weighted by Gasteiger charge is 2.46. The molecule has 0 saturated carbocycles. The van der Waals surface area contributed by atoms with Crippen LogP contribution in [0.3, 0.4) is 0 Å². The number of rotatable bonds is 6. The first-order valence-corrected chi connectivity index (χ1v) is 8.87. The fourth-order valence-electron chi connectivity index (χ4n) is 3.65. The van der Waals surface area contributed by atoms with Crippen LogP contribution in [0.25, 0.3) is 0 Å². The van der Waals surface area contributed by atoms with Gasteiger partial charge in [-0.15, -0.1) is 0 Å². The van der Waals surface area contributed by atoms with Crippen molar-refractivity contribution in [3.63, 3.8) is 0 Å². The normalized spacial score (nSPS) is 23.5. The number of hydrogen-bond donors (Lipinski definition) is 1. The van der Waals surface area contributed by atoms with Crippen LogP contribution in [-0.4, -0.2) is 43.0 Å². The number of amides is 2. The minimum atomic E-state index is -0.322. The van der Waals surface area contributed by atoms with E-state index in [2.05, 4.69) is 5.32 Å². The second-order valence-corrected chi connectivity index (χ2v) is 6.85. The second kappa shape index (κ2) is 7.79. The smallest absolute Gasteiger partial charge is 0.228 e. The largest absolute Gasteiger partial charge is 0.377 e. The number of carbonyl (C=O) groups excluding carboxylic acids is 2. The molecule has 1 aromatic carbocycles. The fraction of sp³-hybridized carbons (Fsp3) is 0.579. The van der Waals surface area contributed by atoms with E-state index in [-0.39, 0.29) is 17.2 Å². The number of likely N-dealkylation sites (tertiary alicyclic amines) is 1. The highest BCUT2D eigenvalue weighted by molar-refractivity contribution is 5.85. The summed E-state index contributed by atoms with van der Waals surface area (Å²) < 4.78 is 5.62. The molecule has 5 heteroatoms. The van der Waals surface area contributed by atoms with Crippen LogP contribution in [0.2, 0.25) is 0 Å². The molecule has 2 aliphatic heterocycles. The Kier molecular flexibility index (Phi) is 5.51. The number of piperidine rings is 1. The minimum absolute atomic E-state index is 0.134. The van der Waals surface area contributed by atoms with Crippen LogP contribution in [0, 0.1) is 5.41 Å². The van der Waals surface area contributed by atoms with Crippen molar-refractivity contribution in [3.05, 3.63) is 35.9 Å². The Labute approximate surface area is 143 Å². The van der Waals surface area contributed by atoms with Crippen molar-refractivity contribution >= 4 is 11.8 Å². The quantitative estimate of drug-likeness (QED) is 0.813. The Hall–Kier alpha value is -1.88. The third-order valence-corrected chi connectivity index (χ3v) is 5.10. The van der Waals surface area contributed by atoms with Gasteiger partial charge < -0.3 is 15.0 Å². The van der Waals surface area contributed by atoms with Gasteiger partial charge in [0.2, 0.25) is 11.8 Å². The predicted octanol–water partition coefficient (Wildman–Crippen LogP) is 2.11. The van der Waals surface area contributed by atoms with E-state index >= 15 is 0 Å². The van der Waals surface area contributed by atoms with E-state index in [1.54, 1.807) is 0 Å². The third kappa shape index (κ3) is 3.96. The zero-order valence-corrected chi connectivity index (χ0v) is 14.1. The summed E-state index contributed by atoms with van der Waals surface area (Å²) in [7, 11) is 0. The maximum Gasteiger partial charge on any atom is 0.228 e. The van der Waals surface area contributed by atoms with E-state index in [1.165, 1.54) is 0 Å². The molecular formula is C19H26N2O3. The molecule has 130 valence electrons. The van der Waals surface area contributed by atoms with Crippen molar-refractivity contribution in [3.8, 4) is 0 Å². The molecule has 0 aromatic heterocycles. The molecule has 0 radical (unpaired) electrons. The fourth-order valence-corrected chi connectivity index (χ4v) is 3.65. The molecule has 0 aliphatic carbocycles. The van der Waals surface area contributed by atoms with Crippen LogP contribution in [-0.2, 0) is 20.9 Å². The van der Waals surface area contributed by atoms with Gasteiger partial charge in [0.1, 0.15) is 0 Å². The first-order chi connectivity index (χ1) is 11.7. The average molecular weight is 330 g/mol. The van der Waals surface area contributed by atoms with Crippen LogP contribution in [0.5, 0.6) is 0 Å². The highest BCUT2D eigenvalue weighted by atomic mass is 16.5. The molecule has 2 heterocycles. The number of hydrogen-bond acceptors (Lipinski definition) is 3. The number of carbonyl (C=O) groups is 2. The van der Waals surface area contributed by atoms with Gasteiger partial charge in [0, 0.05) is 32.7 Å². The lowest BCUT2D eigenvalue weighted by molar-refractivity contribution is -0.135.